The summed E-state index contributed by atoms with van der Waals surface area (Å²) in [4.78, 5) is 19.3. The number of hydrogen-bond acceptors (Lipinski definition) is 5. The predicted octanol–water partition coefficient (Wildman–Crippen LogP) is 1.21. The van der Waals surface area contributed by atoms with E-state index in [9.17, 15) is 20.2 Å². The van der Waals surface area contributed by atoms with Gasteiger partial charge in [-0.05, 0) is 0 Å². The topological polar surface area (TPSA) is 136 Å². The maximum Gasteiger partial charge on any atom is 0.277 e. The summed E-state index contributed by atoms with van der Waals surface area (Å²) in [5.74, 6) is -0.457. The van der Waals surface area contributed by atoms with Crippen molar-refractivity contribution >= 4 is 29.6 Å². The zero-order valence-electron chi connectivity index (χ0n) is 7.75. The second-order valence-electron chi connectivity index (χ2n) is 2.67. The molecule has 16 heavy (non-hydrogen) atoms. The summed E-state index contributed by atoms with van der Waals surface area (Å²) < 4.78 is 0. The molecular weight excluding hydrogens is 240 g/mol. The molecule has 0 aromatic heterocycles. The minimum atomic E-state index is -0.778. The lowest BCUT2D eigenvalue weighted by molar-refractivity contribution is -0.394. The molecule has 0 spiro atoms. The molecule has 1 aromatic rings. The molecule has 0 saturated heterocycles. The molecule has 8 nitrogen and oxygen atoms in total. The smallest absolute Gasteiger partial charge is 0.277 e. The average Bonchev–Trinajstić information content (AvgIpc) is 2.16. The molecule has 0 aliphatic carbocycles. The van der Waals surface area contributed by atoms with Crippen molar-refractivity contribution < 1.29 is 9.85 Å². The lowest BCUT2D eigenvalue weighted by Gasteiger charge is -1.98. The molecule has 9 heteroatoms. The van der Waals surface area contributed by atoms with Gasteiger partial charge in [-0.3, -0.25) is 25.6 Å². The van der Waals surface area contributed by atoms with Crippen molar-refractivity contribution in [2.45, 2.75) is 0 Å². The van der Waals surface area contributed by atoms with Crippen LogP contribution >= 0.6 is 12.4 Å². The molecule has 86 valence electrons. The van der Waals surface area contributed by atoms with Gasteiger partial charge in [-0.1, -0.05) is 0 Å². The van der Waals surface area contributed by atoms with Crippen LogP contribution in [0.2, 0.25) is 0 Å². The highest BCUT2D eigenvalue weighted by Gasteiger charge is 2.17. The molecule has 0 saturated carbocycles. The number of amidine groups is 1. The van der Waals surface area contributed by atoms with Gasteiger partial charge in [0, 0.05) is 17.7 Å². The monoisotopic (exact) mass is 246 g/mol. The number of nitrogens with two attached hydrogens (primary N) is 1. The van der Waals surface area contributed by atoms with Crippen molar-refractivity contribution in [1.29, 1.82) is 5.41 Å². The number of hydrogen-bond donors (Lipinski definition) is 2. The summed E-state index contributed by atoms with van der Waals surface area (Å²) in [5, 5.41) is 27.9. The third kappa shape index (κ3) is 2.89. The van der Waals surface area contributed by atoms with Crippen LogP contribution in [0.25, 0.3) is 0 Å². The van der Waals surface area contributed by atoms with Gasteiger partial charge in [-0.25, -0.2) is 0 Å². The summed E-state index contributed by atoms with van der Waals surface area (Å²) >= 11 is 0. The maximum absolute atomic E-state index is 10.4. The Morgan fingerprint density at radius 1 is 1.12 bits per heavy atom. The third-order valence-corrected chi connectivity index (χ3v) is 1.64. The van der Waals surface area contributed by atoms with E-state index in [1.165, 1.54) is 0 Å². The average molecular weight is 247 g/mol. The van der Waals surface area contributed by atoms with E-state index in [1.54, 1.807) is 0 Å². The first kappa shape index (κ1) is 13.8. The van der Waals surface area contributed by atoms with Gasteiger partial charge in [0.05, 0.1) is 15.9 Å². The van der Waals surface area contributed by atoms with E-state index >= 15 is 0 Å². The molecule has 3 N–H and O–H groups in total. The van der Waals surface area contributed by atoms with Crippen molar-refractivity contribution in [3.05, 3.63) is 44.0 Å². The van der Waals surface area contributed by atoms with Gasteiger partial charge in [0.2, 0.25) is 0 Å². The van der Waals surface area contributed by atoms with Gasteiger partial charge in [0.15, 0.2) is 0 Å². The number of halogens is 1. The van der Waals surface area contributed by atoms with Crippen LogP contribution in [0.4, 0.5) is 11.4 Å². The highest BCUT2D eigenvalue weighted by molar-refractivity contribution is 5.96. The van der Waals surface area contributed by atoms with Crippen molar-refractivity contribution in [3.8, 4) is 0 Å². The highest BCUT2D eigenvalue weighted by atomic mass is 35.5. The van der Waals surface area contributed by atoms with Gasteiger partial charge in [0.1, 0.15) is 5.84 Å². The van der Waals surface area contributed by atoms with Gasteiger partial charge in [-0.2, -0.15) is 0 Å². The second-order valence-corrected chi connectivity index (χ2v) is 2.67. The number of non-ortho nitro benzene ring substituents is 2. The van der Waals surface area contributed by atoms with E-state index in [0.29, 0.717) is 0 Å². The first-order valence-electron chi connectivity index (χ1n) is 3.70. The van der Waals surface area contributed by atoms with E-state index in [2.05, 4.69) is 0 Å². The quantitative estimate of drug-likeness (QED) is 0.357. The Balaban J connectivity index is 0.00000225. The van der Waals surface area contributed by atoms with Crippen LogP contribution < -0.4 is 5.73 Å². The molecule has 0 heterocycles. The number of nitrogens with zero attached hydrogens (tertiary/aromatic N) is 2. The van der Waals surface area contributed by atoms with Crippen molar-refractivity contribution in [3.63, 3.8) is 0 Å². The Kier molecular flexibility index (Phi) is 4.33. The number of nitrogens with one attached hydrogen (secondary N) is 1. The molecule has 0 radical (unpaired) electrons. The van der Waals surface area contributed by atoms with Crippen molar-refractivity contribution in [2.24, 2.45) is 5.73 Å². The molecule has 0 unspecified atom stereocenters. The summed E-state index contributed by atoms with van der Waals surface area (Å²) in [6.45, 7) is 0. The number of benzene rings is 1. The first-order valence-corrected chi connectivity index (χ1v) is 3.70. The van der Waals surface area contributed by atoms with Gasteiger partial charge >= 0.3 is 0 Å². The van der Waals surface area contributed by atoms with Crippen LogP contribution in [0.15, 0.2) is 18.2 Å². The SMILES string of the molecule is Cl.N=C(N)c1cc([N+](=O)[O-])cc([N+](=O)[O-])c1. The van der Waals surface area contributed by atoms with Crippen LogP contribution in [0, 0.1) is 25.6 Å². The van der Waals surface area contributed by atoms with Crippen LogP contribution in [-0.2, 0) is 0 Å². The van der Waals surface area contributed by atoms with E-state index in [0.717, 1.165) is 18.2 Å². The lowest BCUT2D eigenvalue weighted by atomic mass is 10.1. The largest absolute Gasteiger partial charge is 0.384 e. The maximum atomic E-state index is 10.4. The Morgan fingerprint density at radius 3 is 1.75 bits per heavy atom. The molecule has 0 aliphatic rings. The second kappa shape index (κ2) is 5.03. The van der Waals surface area contributed by atoms with Gasteiger partial charge in [0.25, 0.3) is 11.4 Å². The minimum Gasteiger partial charge on any atom is -0.384 e. The van der Waals surface area contributed by atoms with Crippen molar-refractivity contribution in [1.82, 2.24) is 0 Å². The van der Waals surface area contributed by atoms with E-state index in [1.807, 2.05) is 0 Å². The molecule has 0 aliphatic heterocycles. The van der Waals surface area contributed by atoms with Crippen LogP contribution in [0.3, 0.4) is 0 Å². The Hall–Kier alpha value is -2.22. The van der Waals surface area contributed by atoms with Crippen molar-refractivity contribution in [2.75, 3.05) is 0 Å². The molecule has 0 fully saturated rings. The normalized spacial score (nSPS) is 9.00. The number of rotatable bonds is 3. The Labute approximate surface area is 95.3 Å². The molecular formula is C7H7ClN4O4. The summed E-state index contributed by atoms with van der Waals surface area (Å²) in [7, 11) is 0. The zero-order valence-corrected chi connectivity index (χ0v) is 8.56. The van der Waals surface area contributed by atoms with Crippen LogP contribution in [0.5, 0.6) is 0 Å². The van der Waals surface area contributed by atoms with E-state index in [-0.39, 0.29) is 18.0 Å². The van der Waals surface area contributed by atoms with Crippen LogP contribution in [-0.4, -0.2) is 15.7 Å². The third-order valence-electron chi connectivity index (χ3n) is 1.64. The minimum absolute atomic E-state index is 0. The highest BCUT2D eigenvalue weighted by Crippen LogP contribution is 2.22. The molecule has 1 rings (SSSR count). The van der Waals surface area contributed by atoms with E-state index in [4.69, 9.17) is 11.1 Å². The molecule has 0 amide bonds. The standard InChI is InChI=1S/C7H6N4O4.ClH/c8-7(9)4-1-5(10(12)13)3-6(2-4)11(14)15;/h1-3H,(H3,8,9);1H. The fourth-order valence-electron chi connectivity index (χ4n) is 0.961. The fraction of sp³-hybridized carbons (Fsp3) is 0. The lowest BCUT2D eigenvalue weighted by Crippen LogP contribution is -2.11. The number of nitrogen functional groups attached to an aromatic ring is 1. The molecule has 0 bridgehead atoms. The zero-order chi connectivity index (χ0) is 11.6. The Bertz CT molecular complexity index is 383. The molecule has 1 aromatic carbocycles. The summed E-state index contributed by atoms with van der Waals surface area (Å²) in [6, 6.07) is 2.83. The Morgan fingerprint density at radius 2 is 1.50 bits per heavy atom. The van der Waals surface area contributed by atoms with Crippen LogP contribution in [0.1, 0.15) is 5.56 Å². The van der Waals surface area contributed by atoms with E-state index < -0.39 is 27.1 Å². The van der Waals surface area contributed by atoms with Gasteiger partial charge < -0.3 is 5.73 Å². The fourth-order valence-corrected chi connectivity index (χ4v) is 0.961. The predicted molar refractivity (Wildman–Crippen MR) is 58.0 cm³/mol. The number of nitro groups is 2. The van der Waals surface area contributed by atoms with Gasteiger partial charge in [-0.15, -0.1) is 12.4 Å². The summed E-state index contributed by atoms with van der Waals surface area (Å²) in [6.07, 6.45) is 0. The first-order chi connectivity index (χ1) is 6.91. The molecule has 0 atom stereocenters. The number of nitro benzene ring substituents is 2. The summed E-state index contributed by atoms with van der Waals surface area (Å²) in [5.41, 5.74) is 4.12.